The average molecular weight is 347 g/mol. The van der Waals surface area contributed by atoms with Crippen LogP contribution in [0.5, 0.6) is 0 Å². The lowest BCUT2D eigenvalue weighted by Gasteiger charge is -2.35. The predicted octanol–water partition coefficient (Wildman–Crippen LogP) is 1.67. The summed E-state index contributed by atoms with van der Waals surface area (Å²) in [6, 6.07) is 0.0412. The molecule has 1 fully saturated rings. The van der Waals surface area contributed by atoms with Gasteiger partial charge in [-0.2, -0.15) is 0 Å². The molecule has 1 saturated heterocycles. The van der Waals surface area contributed by atoms with Crippen molar-refractivity contribution < 1.29 is 9.53 Å². The largest absolute Gasteiger partial charge is 0.377 e. The minimum atomic E-state index is 0.0195. The molecular weight excluding hydrogens is 326 g/mol. The lowest BCUT2D eigenvalue weighted by molar-refractivity contribution is -0.00394. The van der Waals surface area contributed by atoms with E-state index in [1.807, 2.05) is 18.7 Å². The summed E-state index contributed by atoms with van der Waals surface area (Å²) < 4.78 is 9.53. The van der Waals surface area contributed by atoms with Crippen molar-refractivity contribution in [3.8, 4) is 0 Å². The van der Waals surface area contributed by atoms with Crippen LogP contribution in [0.3, 0.4) is 0 Å². The number of aryl methyl sites for hydroxylation is 3. The molecule has 0 spiro atoms. The van der Waals surface area contributed by atoms with Gasteiger partial charge < -0.3 is 9.64 Å². The minimum absolute atomic E-state index is 0.0195. The Morgan fingerprint density at radius 1 is 1.38 bits per heavy atom. The van der Waals surface area contributed by atoms with Crippen LogP contribution in [-0.4, -0.2) is 56.2 Å². The molecule has 3 heterocycles. The first-order valence-corrected chi connectivity index (χ1v) is 8.94. The first-order chi connectivity index (χ1) is 11.7. The molecule has 0 saturated carbocycles. The molecule has 0 radical (unpaired) electrons. The summed E-state index contributed by atoms with van der Waals surface area (Å²) in [5.74, 6) is 0.0195. The molecule has 128 valence electrons. The maximum atomic E-state index is 12.9. The summed E-state index contributed by atoms with van der Waals surface area (Å²) in [5.41, 5.74) is 2.69. The Kier molecular flexibility index (Phi) is 5.47. The van der Waals surface area contributed by atoms with Crippen molar-refractivity contribution in [2.24, 2.45) is 0 Å². The predicted molar refractivity (Wildman–Crippen MR) is 90.0 cm³/mol. The summed E-state index contributed by atoms with van der Waals surface area (Å²) in [4.78, 5) is 24.1. The standard InChI is InChI=1S/C16H21N5O2S/c1-3-13-15(24-20-19-13)16(22)21-8-9-23-10-12(21)4-5-14-11(2)17-6-7-18-14/h6-7,12H,3-5,8-10H2,1-2H3/t12-/m0/s1. The highest BCUT2D eigenvalue weighted by Gasteiger charge is 2.30. The van der Waals surface area contributed by atoms with Crippen molar-refractivity contribution in [2.45, 2.75) is 39.2 Å². The van der Waals surface area contributed by atoms with Crippen LogP contribution < -0.4 is 0 Å². The van der Waals surface area contributed by atoms with Crippen molar-refractivity contribution >= 4 is 17.4 Å². The van der Waals surface area contributed by atoms with Crippen molar-refractivity contribution in [1.29, 1.82) is 0 Å². The molecule has 0 aliphatic carbocycles. The van der Waals surface area contributed by atoms with Gasteiger partial charge in [-0.3, -0.25) is 14.8 Å². The van der Waals surface area contributed by atoms with Gasteiger partial charge in [0, 0.05) is 18.9 Å². The van der Waals surface area contributed by atoms with E-state index >= 15 is 0 Å². The maximum Gasteiger partial charge on any atom is 0.267 e. The van der Waals surface area contributed by atoms with Crippen molar-refractivity contribution in [3.05, 3.63) is 34.4 Å². The lowest BCUT2D eigenvalue weighted by atomic mass is 10.1. The molecule has 24 heavy (non-hydrogen) atoms. The summed E-state index contributed by atoms with van der Waals surface area (Å²) in [5, 5.41) is 4.05. The van der Waals surface area contributed by atoms with Gasteiger partial charge in [0.1, 0.15) is 4.88 Å². The van der Waals surface area contributed by atoms with E-state index < -0.39 is 0 Å². The van der Waals surface area contributed by atoms with Gasteiger partial charge in [0.2, 0.25) is 0 Å². The smallest absolute Gasteiger partial charge is 0.267 e. The van der Waals surface area contributed by atoms with E-state index in [2.05, 4.69) is 19.6 Å². The topological polar surface area (TPSA) is 81.1 Å². The van der Waals surface area contributed by atoms with E-state index in [-0.39, 0.29) is 11.9 Å². The van der Waals surface area contributed by atoms with E-state index in [9.17, 15) is 4.79 Å². The zero-order chi connectivity index (χ0) is 16.9. The van der Waals surface area contributed by atoms with Gasteiger partial charge in [-0.1, -0.05) is 11.4 Å². The second-order valence-electron chi connectivity index (χ2n) is 5.76. The molecule has 1 amide bonds. The normalized spacial score (nSPS) is 17.9. The summed E-state index contributed by atoms with van der Waals surface area (Å²) in [7, 11) is 0. The molecular formula is C16H21N5O2S. The second kappa shape index (κ2) is 7.76. The second-order valence-corrected chi connectivity index (χ2v) is 6.51. The highest BCUT2D eigenvalue weighted by atomic mass is 32.1. The average Bonchev–Trinajstić information content (AvgIpc) is 3.09. The quantitative estimate of drug-likeness (QED) is 0.818. The molecule has 2 aromatic heterocycles. The van der Waals surface area contributed by atoms with Gasteiger partial charge in [-0.05, 0) is 37.7 Å². The molecule has 1 aliphatic rings. The fraction of sp³-hybridized carbons (Fsp3) is 0.562. The summed E-state index contributed by atoms with van der Waals surface area (Å²) in [6.45, 7) is 5.67. The van der Waals surface area contributed by atoms with Crippen LogP contribution in [0, 0.1) is 6.92 Å². The van der Waals surface area contributed by atoms with Crippen LogP contribution in [-0.2, 0) is 17.6 Å². The monoisotopic (exact) mass is 347 g/mol. The third-order valence-electron chi connectivity index (χ3n) is 4.27. The molecule has 3 rings (SSSR count). The SMILES string of the molecule is CCc1nnsc1C(=O)N1CCOC[C@@H]1CCc1nccnc1C. The van der Waals surface area contributed by atoms with E-state index in [0.717, 1.165) is 29.9 Å². The lowest BCUT2D eigenvalue weighted by Crippen LogP contribution is -2.49. The molecule has 7 nitrogen and oxygen atoms in total. The number of hydrogen-bond acceptors (Lipinski definition) is 7. The third-order valence-corrected chi connectivity index (χ3v) is 5.03. The first kappa shape index (κ1) is 16.9. The van der Waals surface area contributed by atoms with Gasteiger partial charge >= 0.3 is 0 Å². The van der Waals surface area contributed by atoms with Gasteiger partial charge in [0.25, 0.3) is 5.91 Å². The van der Waals surface area contributed by atoms with E-state index in [0.29, 0.717) is 31.1 Å². The Balaban J connectivity index is 1.71. The number of carbonyl (C=O) groups excluding carboxylic acids is 1. The van der Waals surface area contributed by atoms with Crippen LogP contribution in [0.15, 0.2) is 12.4 Å². The molecule has 0 N–H and O–H groups in total. The Labute approximate surface area is 145 Å². The molecule has 8 heteroatoms. The number of amides is 1. The number of aromatic nitrogens is 4. The number of morpholine rings is 1. The summed E-state index contributed by atoms with van der Waals surface area (Å²) >= 11 is 1.18. The molecule has 1 atom stereocenters. The highest BCUT2D eigenvalue weighted by molar-refractivity contribution is 7.08. The Morgan fingerprint density at radius 3 is 3.00 bits per heavy atom. The van der Waals surface area contributed by atoms with Crippen LogP contribution in [0.2, 0.25) is 0 Å². The maximum absolute atomic E-state index is 12.9. The molecule has 2 aromatic rings. The van der Waals surface area contributed by atoms with Gasteiger partial charge in [-0.25, -0.2) is 0 Å². The Bertz CT molecular complexity index is 705. The van der Waals surface area contributed by atoms with Gasteiger partial charge in [-0.15, -0.1) is 5.10 Å². The number of nitrogens with zero attached hydrogens (tertiary/aromatic N) is 5. The summed E-state index contributed by atoms with van der Waals surface area (Å²) in [6.07, 6.45) is 5.70. The third kappa shape index (κ3) is 3.59. The highest BCUT2D eigenvalue weighted by Crippen LogP contribution is 2.20. The van der Waals surface area contributed by atoms with Gasteiger partial charge in [0.15, 0.2) is 0 Å². The van der Waals surface area contributed by atoms with Crippen LogP contribution in [0.1, 0.15) is 40.1 Å². The molecule has 1 aliphatic heterocycles. The van der Waals surface area contributed by atoms with E-state index in [4.69, 9.17) is 4.74 Å². The zero-order valence-electron chi connectivity index (χ0n) is 13.9. The van der Waals surface area contributed by atoms with E-state index in [1.54, 1.807) is 12.4 Å². The number of rotatable bonds is 5. The molecule has 0 unspecified atom stereocenters. The Hall–Kier alpha value is -1.93. The number of ether oxygens (including phenoxy) is 1. The van der Waals surface area contributed by atoms with Gasteiger partial charge in [0.05, 0.1) is 36.3 Å². The van der Waals surface area contributed by atoms with Crippen molar-refractivity contribution in [3.63, 3.8) is 0 Å². The number of hydrogen-bond donors (Lipinski definition) is 0. The van der Waals surface area contributed by atoms with Crippen molar-refractivity contribution in [2.75, 3.05) is 19.8 Å². The number of carbonyl (C=O) groups is 1. The first-order valence-electron chi connectivity index (χ1n) is 8.17. The zero-order valence-corrected chi connectivity index (χ0v) is 14.8. The molecule has 0 aromatic carbocycles. The fourth-order valence-corrected chi connectivity index (χ4v) is 3.59. The van der Waals surface area contributed by atoms with Crippen LogP contribution in [0.25, 0.3) is 0 Å². The minimum Gasteiger partial charge on any atom is -0.377 e. The molecule has 0 bridgehead atoms. The van der Waals surface area contributed by atoms with Crippen LogP contribution in [0.4, 0.5) is 0 Å². The van der Waals surface area contributed by atoms with E-state index in [1.165, 1.54) is 11.5 Å². The van der Waals surface area contributed by atoms with Crippen molar-refractivity contribution in [1.82, 2.24) is 24.5 Å². The van der Waals surface area contributed by atoms with Crippen LogP contribution >= 0.6 is 11.5 Å². The fourth-order valence-electron chi connectivity index (χ4n) is 2.88. The Morgan fingerprint density at radius 2 is 2.21 bits per heavy atom.